The highest BCUT2D eigenvalue weighted by Crippen LogP contribution is 2.32. The molecule has 6 heteroatoms. The maximum Gasteiger partial charge on any atom is 0.221 e. The molecule has 1 aromatic heterocycles. The molecular formula is C15H26N6. The summed E-state index contributed by atoms with van der Waals surface area (Å²) in [6.45, 7) is 7.47. The molecule has 0 unspecified atom stereocenters. The van der Waals surface area contributed by atoms with Gasteiger partial charge in [-0.15, -0.1) is 0 Å². The lowest BCUT2D eigenvalue weighted by Crippen LogP contribution is -2.64. The lowest BCUT2D eigenvalue weighted by atomic mass is 9.84. The van der Waals surface area contributed by atoms with Gasteiger partial charge in [-0.2, -0.15) is 4.98 Å². The van der Waals surface area contributed by atoms with Gasteiger partial charge in [0.25, 0.3) is 0 Å². The van der Waals surface area contributed by atoms with E-state index >= 15 is 0 Å². The molecule has 0 atom stereocenters. The van der Waals surface area contributed by atoms with Crippen LogP contribution >= 0.6 is 0 Å². The van der Waals surface area contributed by atoms with Gasteiger partial charge in [-0.25, -0.2) is 4.98 Å². The van der Waals surface area contributed by atoms with E-state index in [9.17, 15) is 0 Å². The fraction of sp³-hybridized carbons (Fsp3) is 0.733. The van der Waals surface area contributed by atoms with E-state index in [1.807, 2.05) is 6.20 Å². The van der Waals surface area contributed by atoms with E-state index in [0.717, 1.165) is 45.0 Å². The van der Waals surface area contributed by atoms with Crippen molar-refractivity contribution in [3.63, 3.8) is 0 Å². The first kappa shape index (κ1) is 14.5. The van der Waals surface area contributed by atoms with Crippen LogP contribution in [0.25, 0.3) is 0 Å². The van der Waals surface area contributed by atoms with Gasteiger partial charge in [0, 0.05) is 36.9 Å². The standard InChI is InChI=1S/C15H26N6/c1-3-12-10-18-14(16)19-13(12)21-9-8-20(2)15(11-21)4-6-17-7-5-15/h10,17H,3-9,11H2,1-2H3,(H2,16,18,19). The maximum absolute atomic E-state index is 5.82. The summed E-state index contributed by atoms with van der Waals surface area (Å²) < 4.78 is 0. The summed E-state index contributed by atoms with van der Waals surface area (Å²) >= 11 is 0. The molecule has 0 saturated carbocycles. The van der Waals surface area contributed by atoms with Gasteiger partial charge in [-0.1, -0.05) is 6.92 Å². The molecule has 1 aromatic rings. The van der Waals surface area contributed by atoms with E-state index in [1.54, 1.807) is 0 Å². The number of nitrogens with one attached hydrogen (secondary N) is 1. The number of anilines is 2. The second kappa shape index (κ2) is 5.77. The summed E-state index contributed by atoms with van der Waals surface area (Å²) in [6.07, 6.45) is 5.21. The topological polar surface area (TPSA) is 70.3 Å². The number of nitrogens with two attached hydrogens (primary N) is 1. The first-order valence-electron chi connectivity index (χ1n) is 7.93. The normalized spacial score (nSPS) is 22.7. The molecule has 2 fully saturated rings. The van der Waals surface area contributed by atoms with Crippen molar-refractivity contribution in [2.24, 2.45) is 0 Å². The van der Waals surface area contributed by atoms with E-state index in [0.29, 0.717) is 5.95 Å². The maximum atomic E-state index is 5.82. The third-order valence-electron chi connectivity index (χ3n) is 5.08. The Hall–Kier alpha value is -1.40. The Morgan fingerprint density at radius 2 is 2.10 bits per heavy atom. The molecule has 2 saturated heterocycles. The number of piperazine rings is 1. The van der Waals surface area contributed by atoms with Crippen molar-refractivity contribution < 1.29 is 0 Å². The van der Waals surface area contributed by atoms with Crippen LogP contribution in [0.4, 0.5) is 11.8 Å². The molecule has 0 aliphatic carbocycles. The molecule has 3 N–H and O–H groups in total. The van der Waals surface area contributed by atoms with E-state index in [1.165, 1.54) is 18.4 Å². The van der Waals surface area contributed by atoms with Crippen LogP contribution in [0.2, 0.25) is 0 Å². The number of aromatic nitrogens is 2. The highest BCUT2D eigenvalue weighted by Gasteiger charge is 2.41. The van der Waals surface area contributed by atoms with Crippen molar-refractivity contribution in [1.29, 1.82) is 0 Å². The molecular weight excluding hydrogens is 264 g/mol. The number of likely N-dealkylation sites (N-methyl/N-ethyl adjacent to an activating group) is 1. The summed E-state index contributed by atoms with van der Waals surface area (Å²) in [6, 6.07) is 0. The number of hydrogen-bond donors (Lipinski definition) is 2. The molecule has 0 aromatic carbocycles. The summed E-state index contributed by atoms with van der Waals surface area (Å²) in [4.78, 5) is 13.6. The Kier molecular flexibility index (Phi) is 3.99. The quantitative estimate of drug-likeness (QED) is 0.826. The average molecular weight is 290 g/mol. The Morgan fingerprint density at radius 1 is 1.33 bits per heavy atom. The van der Waals surface area contributed by atoms with Crippen LogP contribution in [0.5, 0.6) is 0 Å². The smallest absolute Gasteiger partial charge is 0.221 e. The first-order chi connectivity index (χ1) is 10.1. The van der Waals surface area contributed by atoms with Gasteiger partial charge >= 0.3 is 0 Å². The minimum atomic E-state index is 0.272. The van der Waals surface area contributed by atoms with Crippen LogP contribution in [0.15, 0.2) is 6.20 Å². The molecule has 0 bridgehead atoms. The highest BCUT2D eigenvalue weighted by molar-refractivity contribution is 5.49. The Morgan fingerprint density at radius 3 is 2.81 bits per heavy atom. The van der Waals surface area contributed by atoms with E-state index in [2.05, 4.69) is 39.1 Å². The molecule has 3 heterocycles. The van der Waals surface area contributed by atoms with Gasteiger partial charge in [0.2, 0.25) is 5.95 Å². The van der Waals surface area contributed by atoms with Crippen LogP contribution in [-0.2, 0) is 6.42 Å². The van der Waals surface area contributed by atoms with Crippen molar-refractivity contribution in [3.8, 4) is 0 Å². The third-order valence-corrected chi connectivity index (χ3v) is 5.08. The number of aryl methyl sites for hydroxylation is 1. The summed E-state index contributed by atoms with van der Waals surface area (Å²) in [5.74, 6) is 1.41. The predicted octanol–water partition coefficient (Wildman–Crippen LogP) is 0.495. The van der Waals surface area contributed by atoms with Crippen molar-refractivity contribution in [3.05, 3.63) is 11.8 Å². The molecule has 21 heavy (non-hydrogen) atoms. The van der Waals surface area contributed by atoms with E-state index < -0.39 is 0 Å². The van der Waals surface area contributed by atoms with Crippen molar-refractivity contribution in [2.75, 3.05) is 50.4 Å². The molecule has 0 amide bonds. The van der Waals surface area contributed by atoms with E-state index in [-0.39, 0.29) is 5.54 Å². The van der Waals surface area contributed by atoms with Crippen molar-refractivity contribution in [2.45, 2.75) is 31.7 Å². The zero-order valence-corrected chi connectivity index (χ0v) is 13.1. The largest absolute Gasteiger partial charge is 0.368 e. The number of rotatable bonds is 2. The number of piperidine rings is 1. The second-order valence-electron chi connectivity index (χ2n) is 6.25. The molecule has 6 nitrogen and oxygen atoms in total. The zero-order valence-electron chi connectivity index (χ0n) is 13.1. The monoisotopic (exact) mass is 290 g/mol. The summed E-state index contributed by atoms with van der Waals surface area (Å²) in [5, 5.41) is 3.47. The molecule has 0 radical (unpaired) electrons. The average Bonchev–Trinajstić information content (AvgIpc) is 2.51. The lowest BCUT2D eigenvalue weighted by Gasteiger charge is -2.52. The predicted molar refractivity (Wildman–Crippen MR) is 85.5 cm³/mol. The summed E-state index contributed by atoms with van der Waals surface area (Å²) in [7, 11) is 2.26. The molecule has 2 aliphatic rings. The van der Waals surface area contributed by atoms with Crippen molar-refractivity contribution in [1.82, 2.24) is 20.2 Å². The third kappa shape index (κ3) is 2.70. The fourth-order valence-corrected chi connectivity index (χ4v) is 3.61. The Bertz CT molecular complexity index is 497. The van der Waals surface area contributed by atoms with Gasteiger partial charge in [-0.05, 0) is 39.4 Å². The van der Waals surface area contributed by atoms with Gasteiger partial charge in [0.1, 0.15) is 5.82 Å². The number of nitrogen functional groups attached to an aromatic ring is 1. The van der Waals surface area contributed by atoms with Crippen LogP contribution in [-0.4, -0.2) is 60.2 Å². The highest BCUT2D eigenvalue weighted by atomic mass is 15.3. The summed E-state index contributed by atoms with van der Waals surface area (Å²) in [5.41, 5.74) is 7.28. The molecule has 2 aliphatic heterocycles. The Balaban J connectivity index is 1.88. The van der Waals surface area contributed by atoms with Crippen LogP contribution in [0.1, 0.15) is 25.3 Å². The first-order valence-corrected chi connectivity index (χ1v) is 7.93. The zero-order chi connectivity index (χ0) is 14.9. The molecule has 3 rings (SSSR count). The van der Waals surface area contributed by atoms with Crippen LogP contribution in [0, 0.1) is 0 Å². The molecule has 1 spiro atoms. The van der Waals surface area contributed by atoms with Crippen molar-refractivity contribution >= 4 is 11.8 Å². The number of nitrogens with zero attached hydrogens (tertiary/aromatic N) is 4. The minimum Gasteiger partial charge on any atom is -0.368 e. The van der Waals surface area contributed by atoms with Gasteiger partial charge in [0.05, 0.1) is 0 Å². The second-order valence-corrected chi connectivity index (χ2v) is 6.25. The SMILES string of the molecule is CCc1cnc(N)nc1N1CCN(C)C2(CCNCC2)C1. The lowest BCUT2D eigenvalue weighted by molar-refractivity contribution is 0.0696. The number of hydrogen-bond acceptors (Lipinski definition) is 6. The van der Waals surface area contributed by atoms with Crippen LogP contribution in [0.3, 0.4) is 0 Å². The minimum absolute atomic E-state index is 0.272. The van der Waals surface area contributed by atoms with Gasteiger partial charge in [-0.3, -0.25) is 4.90 Å². The van der Waals surface area contributed by atoms with Gasteiger partial charge in [0.15, 0.2) is 0 Å². The Labute approximate surface area is 126 Å². The van der Waals surface area contributed by atoms with Crippen LogP contribution < -0.4 is 16.0 Å². The molecule has 116 valence electrons. The fourth-order valence-electron chi connectivity index (χ4n) is 3.61. The van der Waals surface area contributed by atoms with Gasteiger partial charge < -0.3 is 16.0 Å². The van der Waals surface area contributed by atoms with E-state index in [4.69, 9.17) is 5.73 Å².